The second-order valence-electron chi connectivity index (χ2n) is 8.86. The van der Waals surface area contributed by atoms with Gasteiger partial charge in [0.1, 0.15) is 23.3 Å². The highest BCUT2D eigenvalue weighted by Crippen LogP contribution is 2.43. The highest BCUT2D eigenvalue weighted by atomic mass is 19.1. The number of aromatic nitrogens is 2. The molecule has 0 atom stereocenters. The molecule has 2 aromatic heterocycles. The van der Waals surface area contributed by atoms with Gasteiger partial charge in [-0.3, -0.25) is 9.30 Å². The lowest BCUT2D eigenvalue weighted by molar-refractivity contribution is 0.324. The Morgan fingerprint density at radius 3 is 2.24 bits per heavy atom. The maximum Gasteiger partial charge on any atom is 0.203 e. The van der Waals surface area contributed by atoms with Crippen molar-refractivity contribution >= 4 is 5.65 Å². The van der Waals surface area contributed by atoms with Crippen LogP contribution >= 0.6 is 0 Å². The third-order valence-electron chi connectivity index (χ3n) is 6.73. The van der Waals surface area contributed by atoms with E-state index in [4.69, 9.17) is 14.2 Å². The number of halogens is 2. The minimum atomic E-state index is -0.706. The minimum absolute atomic E-state index is 0.199. The van der Waals surface area contributed by atoms with E-state index in [9.17, 15) is 9.65 Å². The number of pyridine rings is 1. The predicted molar refractivity (Wildman–Crippen MR) is 135 cm³/mol. The largest absolute Gasteiger partial charge is 0.493 e. The Balaban J connectivity index is 1.81. The van der Waals surface area contributed by atoms with Gasteiger partial charge in [0.05, 0.1) is 38.9 Å². The predicted octanol–water partition coefficient (Wildman–Crippen LogP) is 5.44. The molecule has 1 aliphatic heterocycles. The smallest absolute Gasteiger partial charge is 0.203 e. The maximum atomic E-state index is 15.2. The Morgan fingerprint density at radius 2 is 1.65 bits per heavy atom. The fourth-order valence-electron chi connectivity index (χ4n) is 4.98. The Bertz CT molecular complexity index is 1500. The van der Waals surface area contributed by atoms with Crippen molar-refractivity contribution < 1.29 is 23.0 Å². The summed E-state index contributed by atoms with van der Waals surface area (Å²) in [5, 5.41) is 10.3. The Hall–Kier alpha value is -4.16. The van der Waals surface area contributed by atoms with Gasteiger partial charge in [-0.1, -0.05) is 0 Å². The van der Waals surface area contributed by atoms with Gasteiger partial charge in [-0.2, -0.15) is 5.26 Å². The van der Waals surface area contributed by atoms with Gasteiger partial charge in [0.2, 0.25) is 5.75 Å². The number of likely N-dealkylation sites (tertiary alicyclic amines) is 1. The summed E-state index contributed by atoms with van der Waals surface area (Å²) in [6.07, 6.45) is 3.95. The van der Waals surface area contributed by atoms with Crippen LogP contribution in [0.1, 0.15) is 24.1 Å². The number of ether oxygens (including phenoxy) is 3. The number of nitriles is 1. The van der Waals surface area contributed by atoms with Crippen LogP contribution in [0.3, 0.4) is 0 Å². The van der Waals surface area contributed by atoms with Crippen LogP contribution in [-0.2, 0) is 6.54 Å². The van der Waals surface area contributed by atoms with E-state index in [2.05, 4.69) is 16.0 Å². The first kappa shape index (κ1) is 24.5. The molecule has 1 aliphatic rings. The van der Waals surface area contributed by atoms with Crippen molar-refractivity contribution in [2.45, 2.75) is 19.4 Å². The van der Waals surface area contributed by atoms with Gasteiger partial charge in [0.25, 0.3) is 0 Å². The summed E-state index contributed by atoms with van der Waals surface area (Å²) in [5.74, 6) is -0.144. The topological polar surface area (TPSA) is 72.0 Å². The summed E-state index contributed by atoms with van der Waals surface area (Å²) in [6, 6.07) is 11.0. The standard InChI is InChI=1S/C28H26F2N4O3/c1-35-25-10-17(11-26(36-2)27(25)37-3)21-13-24(20-7-6-18(29)12-23(20)30)34-19(16-33-8-4-5-9-33)15-32-28(34)22(21)14-31/h6-7,10-13,15H,4-5,8-9,16H2,1-3H3. The first-order valence-corrected chi connectivity index (χ1v) is 11.9. The summed E-state index contributed by atoms with van der Waals surface area (Å²) in [4.78, 5) is 6.90. The quantitative estimate of drug-likeness (QED) is 0.334. The lowest BCUT2D eigenvalue weighted by Gasteiger charge is -2.19. The normalized spacial score (nSPS) is 13.6. The molecule has 7 nitrogen and oxygen atoms in total. The number of imidazole rings is 1. The summed E-state index contributed by atoms with van der Waals surface area (Å²) >= 11 is 0. The van der Waals surface area contributed by atoms with Crippen molar-refractivity contribution in [1.29, 1.82) is 5.26 Å². The molecule has 1 fully saturated rings. The Labute approximate surface area is 213 Å². The first-order chi connectivity index (χ1) is 18.0. The zero-order chi connectivity index (χ0) is 26.1. The number of benzene rings is 2. The molecular formula is C28H26F2N4O3. The van der Waals surface area contributed by atoms with Crippen molar-refractivity contribution in [3.63, 3.8) is 0 Å². The van der Waals surface area contributed by atoms with Crippen LogP contribution < -0.4 is 14.2 Å². The molecule has 0 bridgehead atoms. The van der Waals surface area contributed by atoms with Crippen LogP contribution in [0.2, 0.25) is 0 Å². The van der Waals surface area contributed by atoms with Crippen LogP contribution in [0.25, 0.3) is 28.0 Å². The molecule has 0 aliphatic carbocycles. The van der Waals surface area contributed by atoms with Gasteiger partial charge in [-0.05, 0) is 61.8 Å². The average molecular weight is 505 g/mol. The molecule has 0 N–H and O–H groups in total. The monoisotopic (exact) mass is 504 g/mol. The highest BCUT2D eigenvalue weighted by Gasteiger charge is 2.24. The van der Waals surface area contributed by atoms with Crippen molar-refractivity contribution in [1.82, 2.24) is 14.3 Å². The van der Waals surface area contributed by atoms with Gasteiger partial charge >= 0.3 is 0 Å². The molecule has 0 spiro atoms. The van der Waals surface area contributed by atoms with Gasteiger partial charge in [0.15, 0.2) is 17.1 Å². The zero-order valence-corrected chi connectivity index (χ0v) is 20.8. The average Bonchev–Trinajstić information content (AvgIpc) is 3.58. The molecule has 3 heterocycles. The summed E-state index contributed by atoms with van der Waals surface area (Å²) in [5.41, 5.74) is 3.29. The van der Waals surface area contributed by atoms with E-state index in [1.54, 1.807) is 28.8 Å². The van der Waals surface area contributed by atoms with E-state index in [-0.39, 0.29) is 5.56 Å². The van der Waals surface area contributed by atoms with Crippen LogP contribution in [0.4, 0.5) is 8.78 Å². The summed E-state index contributed by atoms with van der Waals surface area (Å²) in [6.45, 7) is 2.52. The lowest BCUT2D eigenvalue weighted by atomic mass is 9.97. The van der Waals surface area contributed by atoms with Gasteiger partial charge in [-0.25, -0.2) is 13.8 Å². The second-order valence-corrected chi connectivity index (χ2v) is 8.86. The molecule has 5 rings (SSSR count). The second kappa shape index (κ2) is 10.1. The molecule has 9 heteroatoms. The molecule has 37 heavy (non-hydrogen) atoms. The molecule has 0 saturated carbocycles. The number of methoxy groups -OCH3 is 3. The van der Waals surface area contributed by atoms with Crippen molar-refractivity contribution in [3.8, 4) is 45.7 Å². The zero-order valence-electron chi connectivity index (χ0n) is 20.8. The van der Waals surface area contributed by atoms with Crippen LogP contribution in [0, 0.1) is 23.0 Å². The van der Waals surface area contributed by atoms with E-state index in [1.807, 2.05) is 0 Å². The van der Waals surface area contributed by atoms with Gasteiger partial charge < -0.3 is 14.2 Å². The molecular weight excluding hydrogens is 478 g/mol. The van der Waals surface area contributed by atoms with Gasteiger partial charge in [-0.15, -0.1) is 0 Å². The number of hydrogen-bond acceptors (Lipinski definition) is 6. The third kappa shape index (κ3) is 4.34. The first-order valence-electron chi connectivity index (χ1n) is 11.9. The Kier molecular flexibility index (Phi) is 6.68. The van der Waals surface area contributed by atoms with Crippen molar-refractivity contribution in [3.05, 3.63) is 65.5 Å². The lowest BCUT2D eigenvalue weighted by Crippen LogP contribution is -2.19. The van der Waals surface area contributed by atoms with Crippen molar-refractivity contribution in [2.24, 2.45) is 0 Å². The molecule has 2 aromatic carbocycles. The molecule has 4 aromatic rings. The number of nitrogens with zero attached hydrogens (tertiary/aromatic N) is 4. The highest BCUT2D eigenvalue weighted by molar-refractivity contribution is 5.85. The SMILES string of the molecule is COc1cc(-c2cc(-c3ccc(F)cc3F)n3c(CN4CCCC4)cnc3c2C#N)cc(OC)c1OC. The molecule has 1 saturated heterocycles. The minimum Gasteiger partial charge on any atom is -0.493 e. The maximum absolute atomic E-state index is 15.2. The fraction of sp³-hybridized carbons (Fsp3) is 0.286. The fourth-order valence-corrected chi connectivity index (χ4v) is 4.98. The Morgan fingerprint density at radius 1 is 0.946 bits per heavy atom. The van der Waals surface area contributed by atoms with Crippen molar-refractivity contribution in [2.75, 3.05) is 34.4 Å². The molecule has 0 unspecified atom stereocenters. The number of hydrogen-bond donors (Lipinski definition) is 0. The molecule has 0 amide bonds. The third-order valence-corrected chi connectivity index (χ3v) is 6.73. The number of fused-ring (bicyclic) bond motifs is 1. The summed E-state index contributed by atoms with van der Waals surface area (Å²) in [7, 11) is 4.52. The van der Waals surface area contributed by atoms with Crippen LogP contribution in [0.15, 0.2) is 42.6 Å². The number of rotatable bonds is 7. The van der Waals surface area contributed by atoms with E-state index in [0.717, 1.165) is 37.7 Å². The summed E-state index contributed by atoms with van der Waals surface area (Å²) < 4.78 is 47.2. The van der Waals surface area contributed by atoms with Gasteiger partial charge in [0, 0.05) is 23.7 Å². The van der Waals surface area contributed by atoms with E-state index < -0.39 is 11.6 Å². The van der Waals surface area contributed by atoms with Crippen LogP contribution in [0.5, 0.6) is 17.2 Å². The van der Waals surface area contributed by atoms with Crippen LogP contribution in [-0.4, -0.2) is 48.7 Å². The van der Waals surface area contributed by atoms with E-state index in [0.29, 0.717) is 51.8 Å². The van der Waals surface area contributed by atoms with E-state index in [1.165, 1.54) is 33.5 Å². The molecule has 0 radical (unpaired) electrons. The van der Waals surface area contributed by atoms with E-state index >= 15 is 4.39 Å². The molecule has 190 valence electrons.